The smallest absolute Gasteiger partial charge is 0.224 e. The first-order chi connectivity index (χ1) is 12.1. The molecule has 0 unspecified atom stereocenters. The number of nitrogens with zero attached hydrogens (tertiary/aromatic N) is 3. The molecule has 0 aliphatic heterocycles. The summed E-state index contributed by atoms with van der Waals surface area (Å²) in [5, 5.41) is 4.70. The van der Waals surface area contributed by atoms with Crippen LogP contribution >= 0.6 is 11.8 Å². The number of nitrogens with one attached hydrogen (secondary N) is 1. The number of fused-ring (bicyclic) bond motifs is 1. The third kappa shape index (κ3) is 4.14. The second-order valence-electron chi connectivity index (χ2n) is 5.82. The number of aromatic nitrogens is 3. The Bertz CT molecular complexity index is 903. The summed E-state index contributed by atoms with van der Waals surface area (Å²) in [4.78, 5) is 25.6. The van der Waals surface area contributed by atoms with Crippen LogP contribution in [0.15, 0.2) is 41.7 Å². The molecule has 6 heteroatoms. The van der Waals surface area contributed by atoms with Gasteiger partial charge in [0.2, 0.25) is 5.91 Å². The number of hydrogen-bond acceptors (Lipinski definition) is 5. The zero-order valence-electron chi connectivity index (χ0n) is 14.5. The minimum absolute atomic E-state index is 0.0372. The topological polar surface area (TPSA) is 67.8 Å². The molecule has 25 heavy (non-hydrogen) atoms. The molecular weight excluding hydrogens is 332 g/mol. The second kappa shape index (κ2) is 7.61. The molecule has 3 aromatic rings. The van der Waals surface area contributed by atoms with Gasteiger partial charge in [0.15, 0.2) is 5.16 Å². The summed E-state index contributed by atoms with van der Waals surface area (Å²) >= 11 is 1.52. The van der Waals surface area contributed by atoms with E-state index in [4.69, 9.17) is 0 Å². The monoisotopic (exact) mass is 352 g/mol. The minimum atomic E-state index is -0.0372. The maximum atomic E-state index is 12.3. The van der Waals surface area contributed by atoms with Crippen LogP contribution in [-0.2, 0) is 11.2 Å². The fraction of sp³-hybridized carbons (Fsp3) is 0.263. The summed E-state index contributed by atoms with van der Waals surface area (Å²) in [6, 6.07) is 9.77. The predicted octanol–water partition coefficient (Wildman–Crippen LogP) is 3.93. The molecule has 3 rings (SSSR count). The van der Waals surface area contributed by atoms with Crippen LogP contribution in [0.5, 0.6) is 0 Å². The highest BCUT2D eigenvalue weighted by atomic mass is 32.2. The number of aryl methyl sites for hydroxylation is 2. The third-order valence-electron chi connectivity index (χ3n) is 4.06. The quantitative estimate of drug-likeness (QED) is 0.556. The number of amides is 1. The summed E-state index contributed by atoms with van der Waals surface area (Å²) in [6.07, 6.45) is 4.65. The van der Waals surface area contributed by atoms with E-state index in [9.17, 15) is 4.79 Å². The molecule has 5 nitrogen and oxygen atoms in total. The molecule has 0 saturated heterocycles. The SMILES string of the molecule is CSc1nc(C)c(CCC(=O)Nc2cnc3ccccc3c2)c(C)n1. The fourth-order valence-corrected chi connectivity index (χ4v) is 3.22. The van der Waals surface area contributed by atoms with Crippen LogP contribution in [0.3, 0.4) is 0 Å². The van der Waals surface area contributed by atoms with E-state index >= 15 is 0 Å². The van der Waals surface area contributed by atoms with Gasteiger partial charge in [-0.2, -0.15) is 0 Å². The van der Waals surface area contributed by atoms with E-state index in [1.165, 1.54) is 11.8 Å². The van der Waals surface area contributed by atoms with Gasteiger partial charge in [-0.25, -0.2) is 9.97 Å². The number of hydrogen-bond donors (Lipinski definition) is 1. The molecule has 2 heterocycles. The molecule has 2 aromatic heterocycles. The van der Waals surface area contributed by atoms with Gasteiger partial charge in [0, 0.05) is 23.2 Å². The number of benzene rings is 1. The van der Waals surface area contributed by atoms with Gasteiger partial charge in [0.05, 0.1) is 17.4 Å². The van der Waals surface area contributed by atoms with E-state index in [2.05, 4.69) is 20.3 Å². The average molecular weight is 352 g/mol. The summed E-state index contributed by atoms with van der Waals surface area (Å²) in [7, 11) is 0. The molecule has 1 amide bonds. The van der Waals surface area contributed by atoms with Crippen LogP contribution in [0.2, 0.25) is 0 Å². The van der Waals surface area contributed by atoms with Crippen LogP contribution in [0.4, 0.5) is 5.69 Å². The van der Waals surface area contributed by atoms with E-state index in [-0.39, 0.29) is 5.91 Å². The van der Waals surface area contributed by atoms with Crippen LogP contribution in [0.25, 0.3) is 10.9 Å². The number of para-hydroxylation sites is 1. The molecule has 0 aliphatic carbocycles. The van der Waals surface area contributed by atoms with Crippen LogP contribution in [0, 0.1) is 13.8 Å². The molecule has 1 aromatic carbocycles. The Kier molecular flexibility index (Phi) is 5.28. The first kappa shape index (κ1) is 17.4. The second-order valence-corrected chi connectivity index (χ2v) is 6.60. The normalized spacial score (nSPS) is 10.8. The highest BCUT2D eigenvalue weighted by Gasteiger charge is 2.11. The van der Waals surface area contributed by atoms with Gasteiger partial charge < -0.3 is 5.32 Å². The van der Waals surface area contributed by atoms with Crippen molar-refractivity contribution >= 4 is 34.3 Å². The van der Waals surface area contributed by atoms with Crippen molar-refractivity contribution in [2.75, 3.05) is 11.6 Å². The molecule has 0 spiro atoms. The van der Waals surface area contributed by atoms with E-state index in [1.807, 2.05) is 50.4 Å². The Hall–Kier alpha value is -2.47. The largest absolute Gasteiger partial charge is 0.325 e. The van der Waals surface area contributed by atoms with Crippen molar-refractivity contribution in [2.45, 2.75) is 31.8 Å². The van der Waals surface area contributed by atoms with Gasteiger partial charge in [0.25, 0.3) is 0 Å². The summed E-state index contributed by atoms with van der Waals surface area (Å²) in [6.45, 7) is 3.93. The van der Waals surface area contributed by atoms with Gasteiger partial charge in [-0.05, 0) is 44.2 Å². The minimum Gasteiger partial charge on any atom is -0.325 e. The van der Waals surface area contributed by atoms with Crippen LogP contribution in [0.1, 0.15) is 23.4 Å². The maximum Gasteiger partial charge on any atom is 0.224 e. The van der Waals surface area contributed by atoms with Crippen molar-refractivity contribution in [2.24, 2.45) is 0 Å². The highest BCUT2D eigenvalue weighted by molar-refractivity contribution is 7.98. The Labute approximate surface area is 151 Å². The average Bonchev–Trinajstić information content (AvgIpc) is 2.60. The molecule has 128 valence electrons. The van der Waals surface area contributed by atoms with Crippen LogP contribution in [-0.4, -0.2) is 27.1 Å². The zero-order valence-corrected chi connectivity index (χ0v) is 15.4. The van der Waals surface area contributed by atoms with Gasteiger partial charge in [-0.15, -0.1) is 0 Å². The molecule has 0 aliphatic rings. The number of carbonyl (C=O) groups excluding carboxylic acids is 1. The van der Waals surface area contributed by atoms with Gasteiger partial charge >= 0.3 is 0 Å². The number of carbonyl (C=O) groups is 1. The van der Waals surface area contributed by atoms with Gasteiger partial charge in [-0.1, -0.05) is 30.0 Å². The molecule has 0 saturated carbocycles. The molecule has 0 atom stereocenters. The standard InChI is InChI=1S/C19H20N4OS/c1-12-16(13(2)22-19(21-12)25-3)8-9-18(24)23-15-10-14-6-4-5-7-17(14)20-11-15/h4-7,10-11H,8-9H2,1-3H3,(H,23,24). The molecule has 0 radical (unpaired) electrons. The zero-order chi connectivity index (χ0) is 17.8. The lowest BCUT2D eigenvalue weighted by atomic mass is 10.1. The highest BCUT2D eigenvalue weighted by Crippen LogP contribution is 2.19. The first-order valence-electron chi connectivity index (χ1n) is 8.09. The van der Waals surface area contributed by atoms with Crippen molar-refractivity contribution in [1.29, 1.82) is 0 Å². The lowest BCUT2D eigenvalue weighted by Gasteiger charge is -2.10. The number of anilines is 1. The Morgan fingerprint density at radius 3 is 2.60 bits per heavy atom. The van der Waals surface area contributed by atoms with E-state index < -0.39 is 0 Å². The fourth-order valence-electron chi connectivity index (χ4n) is 2.76. The summed E-state index contributed by atoms with van der Waals surface area (Å²) in [5.41, 5.74) is 4.56. The Morgan fingerprint density at radius 2 is 1.88 bits per heavy atom. The van der Waals surface area contributed by atoms with Crippen molar-refractivity contribution in [3.05, 3.63) is 53.5 Å². The molecule has 0 bridgehead atoms. The van der Waals surface area contributed by atoms with Gasteiger partial charge in [0.1, 0.15) is 0 Å². The number of rotatable bonds is 5. The Balaban J connectivity index is 1.66. The summed E-state index contributed by atoms with van der Waals surface area (Å²) in [5.74, 6) is -0.0372. The van der Waals surface area contributed by atoms with Crippen molar-refractivity contribution in [3.8, 4) is 0 Å². The summed E-state index contributed by atoms with van der Waals surface area (Å²) < 4.78 is 0. The van der Waals surface area contributed by atoms with Crippen LogP contribution < -0.4 is 5.32 Å². The lowest BCUT2D eigenvalue weighted by molar-refractivity contribution is -0.116. The predicted molar refractivity (Wildman–Crippen MR) is 102 cm³/mol. The van der Waals surface area contributed by atoms with E-state index in [0.29, 0.717) is 18.5 Å². The lowest BCUT2D eigenvalue weighted by Crippen LogP contribution is -2.14. The van der Waals surface area contributed by atoms with Gasteiger partial charge in [-0.3, -0.25) is 9.78 Å². The molecule has 1 N–H and O–H groups in total. The number of thioether (sulfide) groups is 1. The van der Waals surface area contributed by atoms with Crippen molar-refractivity contribution in [1.82, 2.24) is 15.0 Å². The third-order valence-corrected chi connectivity index (χ3v) is 4.61. The Morgan fingerprint density at radius 1 is 1.16 bits per heavy atom. The number of pyridine rings is 1. The molecular formula is C19H20N4OS. The van der Waals surface area contributed by atoms with Crippen molar-refractivity contribution < 1.29 is 4.79 Å². The van der Waals surface area contributed by atoms with Crippen molar-refractivity contribution in [3.63, 3.8) is 0 Å². The van der Waals surface area contributed by atoms with E-state index in [0.717, 1.165) is 33.0 Å². The molecule has 0 fully saturated rings. The first-order valence-corrected chi connectivity index (χ1v) is 9.32. The maximum absolute atomic E-state index is 12.3. The van der Waals surface area contributed by atoms with E-state index in [1.54, 1.807) is 6.20 Å².